The Morgan fingerprint density at radius 1 is 1.07 bits per heavy atom. The lowest BCUT2D eigenvalue weighted by Gasteiger charge is -2.11. The van der Waals surface area contributed by atoms with E-state index in [0.29, 0.717) is 39.7 Å². The minimum Gasteiger partial charge on any atom is -0.493 e. The molecular weight excluding hydrogens is 360 g/mol. The first-order chi connectivity index (χ1) is 13.4. The van der Waals surface area contributed by atoms with E-state index in [1.54, 1.807) is 64.3 Å². The molecule has 3 rings (SSSR count). The fourth-order valence-electron chi connectivity index (χ4n) is 2.87. The molecule has 0 bridgehead atoms. The Hall–Kier alpha value is -3.28. The molecule has 0 saturated heterocycles. The summed E-state index contributed by atoms with van der Waals surface area (Å²) in [5.41, 5.74) is 1.68. The van der Waals surface area contributed by atoms with Gasteiger partial charge in [-0.1, -0.05) is 26.0 Å². The molecule has 1 heterocycles. The number of fused-ring (bicyclic) bond motifs is 1. The van der Waals surface area contributed by atoms with Crippen LogP contribution in [0.4, 0.5) is 0 Å². The normalized spacial score (nSPS) is 14.1. The lowest BCUT2D eigenvalue weighted by molar-refractivity contribution is -0.137. The molecule has 28 heavy (non-hydrogen) atoms. The van der Waals surface area contributed by atoms with Gasteiger partial charge in [0.2, 0.25) is 5.78 Å². The van der Waals surface area contributed by atoms with Crippen molar-refractivity contribution in [2.75, 3.05) is 14.2 Å². The van der Waals surface area contributed by atoms with Gasteiger partial charge in [-0.15, -0.1) is 0 Å². The molecule has 0 fully saturated rings. The minimum atomic E-state index is -0.343. The number of para-hydroxylation sites is 1. The zero-order valence-corrected chi connectivity index (χ0v) is 16.5. The van der Waals surface area contributed by atoms with Crippen LogP contribution in [0.2, 0.25) is 0 Å². The Labute approximate surface area is 163 Å². The summed E-state index contributed by atoms with van der Waals surface area (Å²) < 4.78 is 21.9. The number of Topliss-reactive ketones (excluding diaryl/α,β-unsaturated/α-hetero) is 1. The lowest BCUT2D eigenvalue weighted by atomic mass is 10.1. The summed E-state index contributed by atoms with van der Waals surface area (Å²) in [6, 6.07) is 8.60. The maximum atomic E-state index is 12.8. The predicted molar refractivity (Wildman–Crippen MR) is 104 cm³/mol. The minimum absolute atomic E-state index is 0.164. The molecule has 6 nitrogen and oxygen atoms in total. The van der Waals surface area contributed by atoms with Gasteiger partial charge < -0.3 is 18.9 Å². The Kier molecular flexibility index (Phi) is 5.40. The largest absolute Gasteiger partial charge is 0.493 e. The summed E-state index contributed by atoms with van der Waals surface area (Å²) in [6.45, 7) is 5.27. The van der Waals surface area contributed by atoms with Crippen molar-refractivity contribution in [3.63, 3.8) is 0 Å². The van der Waals surface area contributed by atoms with Gasteiger partial charge >= 0.3 is 5.97 Å². The highest BCUT2D eigenvalue weighted by Gasteiger charge is 2.31. The van der Waals surface area contributed by atoms with Gasteiger partial charge in [0, 0.05) is 11.1 Å². The number of methoxy groups -OCH3 is 2. The van der Waals surface area contributed by atoms with Crippen LogP contribution in [-0.2, 0) is 4.79 Å². The molecule has 0 spiro atoms. The number of carbonyl (C=O) groups is 2. The number of carbonyl (C=O) groups excluding carboxylic acids is 2. The van der Waals surface area contributed by atoms with Crippen molar-refractivity contribution < 1.29 is 28.5 Å². The summed E-state index contributed by atoms with van der Waals surface area (Å²) in [5, 5.41) is 0. The van der Waals surface area contributed by atoms with Gasteiger partial charge in [0.25, 0.3) is 0 Å². The van der Waals surface area contributed by atoms with Crippen LogP contribution in [0.15, 0.2) is 36.1 Å². The van der Waals surface area contributed by atoms with Crippen LogP contribution in [0, 0.1) is 12.8 Å². The standard InChI is InChI=1S/C22H22O6/c1-12(2)22(24)28-16-10-9-15-19(23)18(27-20(15)13(16)3)11-14-7-6-8-17(25-4)21(14)26-5/h6-12H,1-5H3/b18-11-. The third-order valence-electron chi connectivity index (χ3n) is 4.44. The number of benzene rings is 2. The van der Waals surface area contributed by atoms with Crippen LogP contribution in [0.25, 0.3) is 6.08 Å². The summed E-state index contributed by atoms with van der Waals surface area (Å²) >= 11 is 0. The fourth-order valence-corrected chi connectivity index (χ4v) is 2.87. The molecule has 0 aliphatic carbocycles. The summed E-state index contributed by atoms with van der Waals surface area (Å²) in [5.74, 6) is 1.15. The van der Waals surface area contributed by atoms with E-state index in [1.165, 1.54) is 7.11 Å². The molecule has 0 unspecified atom stereocenters. The first-order valence-corrected chi connectivity index (χ1v) is 8.87. The molecule has 0 radical (unpaired) electrons. The molecule has 1 aliphatic heterocycles. The molecule has 0 amide bonds. The number of rotatable bonds is 5. The second-order valence-electron chi connectivity index (χ2n) is 6.66. The molecule has 0 atom stereocenters. The second kappa shape index (κ2) is 7.76. The van der Waals surface area contributed by atoms with Crippen LogP contribution in [-0.4, -0.2) is 26.0 Å². The molecular formula is C22H22O6. The van der Waals surface area contributed by atoms with Crippen molar-refractivity contribution >= 4 is 17.8 Å². The molecule has 0 saturated carbocycles. The van der Waals surface area contributed by atoms with E-state index in [-0.39, 0.29) is 23.4 Å². The molecule has 2 aromatic rings. The van der Waals surface area contributed by atoms with Crippen molar-refractivity contribution in [1.29, 1.82) is 0 Å². The van der Waals surface area contributed by atoms with E-state index < -0.39 is 0 Å². The number of hydrogen-bond acceptors (Lipinski definition) is 6. The summed E-state index contributed by atoms with van der Waals surface area (Å²) in [4.78, 5) is 24.7. The van der Waals surface area contributed by atoms with Crippen molar-refractivity contribution in [3.8, 4) is 23.0 Å². The fraction of sp³-hybridized carbons (Fsp3) is 0.273. The first kappa shape index (κ1) is 19.5. The number of hydrogen-bond donors (Lipinski definition) is 0. The number of allylic oxidation sites excluding steroid dienone is 1. The predicted octanol–water partition coefficient (Wildman–Crippen LogP) is 4.19. The van der Waals surface area contributed by atoms with Crippen LogP contribution in [0.3, 0.4) is 0 Å². The van der Waals surface area contributed by atoms with E-state index in [1.807, 2.05) is 0 Å². The Morgan fingerprint density at radius 3 is 2.46 bits per heavy atom. The van der Waals surface area contributed by atoms with Crippen LogP contribution >= 0.6 is 0 Å². The van der Waals surface area contributed by atoms with Crippen molar-refractivity contribution in [3.05, 3.63) is 52.8 Å². The molecule has 2 aromatic carbocycles. The average molecular weight is 382 g/mol. The summed E-state index contributed by atoms with van der Waals surface area (Å²) in [6.07, 6.45) is 1.61. The van der Waals surface area contributed by atoms with Gasteiger partial charge in [0.05, 0.1) is 25.7 Å². The molecule has 1 aliphatic rings. The summed E-state index contributed by atoms with van der Waals surface area (Å²) in [7, 11) is 3.08. The van der Waals surface area contributed by atoms with Crippen molar-refractivity contribution in [2.45, 2.75) is 20.8 Å². The maximum absolute atomic E-state index is 12.8. The van der Waals surface area contributed by atoms with Gasteiger partial charge in [0.1, 0.15) is 11.5 Å². The zero-order chi connectivity index (χ0) is 20.4. The van der Waals surface area contributed by atoms with Gasteiger partial charge in [0.15, 0.2) is 17.3 Å². The lowest BCUT2D eigenvalue weighted by Crippen LogP contribution is -2.15. The third kappa shape index (κ3) is 3.45. The Morgan fingerprint density at radius 2 is 1.82 bits per heavy atom. The van der Waals surface area contributed by atoms with E-state index >= 15 is 0 Å². The van der Waals surface area contributed by atoms with Crippen LogP contribution in [0.1, 0.15) is 35.3 Å². The van der Waals surface area contributed by atoms with E-state index in [9.17, 15) is 9.59 Å². The number of ether oxygens (including phenoxy) is 4. The number of esters is 1. The van der Waals surface area contributed by atoms with E-state index in [0.717, 1.165) is 0 Å². The van der Waals surface area contributed by atoms with Gasteiger partial charge in [-0.3, -0.25) is 9.59 Å². The topological polar surface area (TPSA) is 71.1 Å². The smallest absolute Gasteiger partial charge is 0.313 e. The second-order valence-corrected chi connectivity index (χ2v) is 6.66. The Balaban J connectivity index is 1.97. The quantitative estimate of drug-likeness (QED) is 0.439. The van der Waals surface area contributed by atoms with Crippen LogP contribution < -0.4 is 18.9 Å². The van der Waals surface area contributed by atoms with E-state index in [4.69, 9.17) is 18.9 Å². The molecule has 146 valence electrons. The molecule has 0 N–H and O–H groups in total. The van der Waals surface area contributed by atoms with Crippen molar-refractivity contribution in [1.82, 2.24) is 0 Å². The van der Waals surface area contributed by atoms with Crippen LogP contribution in [0.5, 0.6) is 23.0 Å². The van der Waals surface area contributed by atoms with Gasteiger partial charge in [-0.2, -0.15) is 0 Å². The highest BCUT2D eigenvalue weighted by Crippen LogP contribution is 2.40. The first-order valence-electron chi connectivity index (χ1n) is 8.87. The monoisotopic (exact) mass is 382 g/mol. The highest BCUT2D eigenvalue weighted by molar-refractivity contribution is 6.15. The number of ketones is 1. The maximum Gasteiger partial charge on any atom is 0.313 e. The SMILES string of the molecule is COc1cccc(/C=C2\Oc3c(ccc(OC(=O)C(C)C)c3C)C2=O)c1OC. The average Bonchev–Trinajstić information content (AvgIpc) is 3.00. The zero-order valence-electron chi connectivity index (χ0n) is 16.5. The molecule has 0 aromatic heterocycles. The van der Waals surface area contributed by atoms with Gasteiger partial charge in [-0.05, 0) is 31.2 Å². The molecule has 6 heteroatoms. The Bertz CT molecular complexity index is 971. The highest BCUT2D eigenvalue weighted by atomic mass is 16.5. The third-order valence-corrected chi connectivity index (χ3v) is 4.44. The van der Waals surface area contributed by atoms with Gasteiger partial charge in [-0.25, -0.2) is 0 Å². The van der Waals surface area contributed by atoms with Crippen molar-refractivity contribution in [2.24, 2.45) is 5.92 Å². The van der Waals surface area contributed by atoms with E-state index in [2.05, 4.69) is 0 Å².